The topological polar surface area (TPSA) is 44.2 Å². The first-order valence-corrected chi connectivity index (χ1v) is 4.71. The maximum atomic E-state index is 5.59. The number of ether oxygens (including phenoxy) is 2. The van der Waals surface area contributed by atoms with Crippen LogP contribution in [0.4, 0.5) is 0 Å². The molecule has 0 atom stereocenters. The van der Waals surface area contributed by atoms with E-state index in [1.807, 2.05) is 0 Å². The van der Waals surface area contributed by atoms with Crippen molar-refractivity contribution in [2.45, 2.75) is 12.7 Å². The third kappa shape index (κ3) is 1.92. The van der Waals surface area contributed by atoms with Crippen LogP contribution in [0.2, 0.25) is 4.47 Å². The van der Waals surface area contributed by atoms with Gasteiger partial charge in [-0.05, 0) is 11.6 Å². The molecule has 12 heavy (non-hydrogen) atoms. The summed E-state index contributed by atoms with van der Waals surface area (Å²) < 4.78 is 10.8. The third-order valence-electron chi connectivity index (χ3n) is 1.49. The zero-order valence-corrected chi connectivity index (χ0v) is 7.77. The van der Waals surface area contributed by atoms with E-state index in [4.69, 9.17) is 21.1 Å². The number of halogens is 1. The lowest BCUT2D eigenvalue weighted by Crippen LogP contribution is -2.35. The number of aromatic nitrogens is 2. The molecule has 0 saturated carbocycles. The van der Waals surface area contributed by atoms with Gasteiger partial charge in [0.05, 0.1) is 13.2 Å². The number of rotatable bonds is 3. The second-order valence-corrected chi connectivity index (χ2v) is 4.06. The summed E-state index contributed by atoms with van der Waals surface area (Å²) >= 11 is 6.93. The molecule has 1 fully saturated rings. The van der Waals surface area contributed by atoms with Gasteiger partial charge in [-0.15, -0.1) is 10.2 Å². The van der Waals surface area contributed by atoms with E-state index in [1.165, 1.54) is 11.3 Å². The summed E-state index contributed by atoms with van der Waals surface area (Å²) in [5, 5.41) is 8.29. The Bertz CT molecular complexity index is 264. The number of nitrogens with zero attached hydrogens (tertiary/aromatic N) is 2. The minimum atomic E-state index is 0.229. The van der Waals surface area contributed by atoms with Crippen molar-refractivity contribution in [1.29, 1.82) is 0 Å². The van der Waals surface area contributed by atoms with Gasteiger partial charge in [0.2, 0.25) is 4.47 Å². The summed E-state index contributed by atoms with van der Waals surface area (Å²) in [6.45, 7) is 1.86. The fourth-order valence-electron chi connectivity index (χ4n) is 0.791. The molecule has 0 spiro atoms. The van der Waals surface area contributed by atoms with Gasteiger partial charge in [0.1, 0.15) is 17.7 Å². The molecular weight excluding hydrogens is 200 g/mol. The molecule has 1 aliphatic rings. The molecule has 0 bridgehead atoms. The molecular formula is C6H7ClN2O2S. The van der Waals surface area contributed by atoms with Crippen LogP contribution in [0, 0.1) is 0 Å². The van der Waals surface area contributed by atoms with Crippen molar-refractivity contribution in [2.24, 2.45) is 0 Å². The highest BCUT2D eigenvalue weighted by Crippen LogP contribution is 2.17. The van der Waals surface area contributed by atoms with Crippen molar-refractivity contribution in [2.75, 3.05) is 13.2 Å². The zero-order valence-electron chi connectivity index (χ0n) is 6.20. The molecule has 1 saturated heterocycles. The summed E-state index contributed by atoms with van der Waals surface area (Å²) in [6.07, 6.45) is 0.229. The van der Waals surface area contributed by atoms with Crippen molar-refractivity contribution >= 4 is 22.9 Å². The second-order valence-electron chi connectivity index (χ2n) is 2.42. The molecule has 1 aromatic rings. The summed E-state index contributed by atoms with van der Waals surface area (Å²) in [4.78, 5) is 0. The molecule has 1 aromatic heterocycles. The molecule has 0 aromatic carbocycles. The first-order valence-electron chi connectivity index (χ1n) is 3.52. The van der Waals surface area contributed by atoms with Crippen molar-refractivity contribution in [3.63, 3.8) is 0 Å². The summed E-state index contributed by atoms with van der Waals surface area (Å²) in [6, 6.07) is 0. The molecule has 1 aliphatic heterocycles. The van der Waals surface area contributed by atoms with Crippen molar-refractivity contribution in [3.8, 4) is 0 Å². The molecule has 2 rings (SSSR count). The van der Waals surface area contributed by atoms with Gasteiger partial charge in [-0.3, -0.25) is 0 Å². The average molecular weight is 207 g/mol. The van der Waals surface area contributed by atoms with Crippen LogP contribution in [0.1, 0.15) is 5.01 Å². The quantitative estimate of drug-likeness (QED) is 0.743. The van der Waals surface area contributed by atoms with Crippen molar-refractivity contribution in [3.05, 3.63) is 9.47 Å². The van der Waals surface area contributed by atoms with Crippen molar-refractivity contribution < 1.29 is 9.47 Å². The van der Waals surface area contributed by atoms with E-state index in [0.29, 0.717) is 24.3 Å². The average Bonchev–Trinajstić information content (AvgIpc) is 2.32. The monoisotopic (exact) mass is 206 g/mol. The van der Waals surface area contributed by atoms with E-state index < -0.39 is 0 Å². The van der Waals surface area contributed by atoms with Crippen LogP contribution in [0.25, 0.3) is 0 Å². The van der Waals surface area contributed by atoms with Crippen molar-refractivity contribution in [1.82, 2.24) is 10.2 Å². The number of hydrogen-bond donors (Lipinski definition) is 0. The van der Waals surface area contributed by atoms with Gasteiger partial charge in [0.15, 0.2) is 0 Å². The minimum absolute atomic E-state index is 0.229. The summed E-state index contributed by atoms with van der Waals surface area (Å²) in [5.41, 5.74) is 0. The molecule has 4 nitrogen and oxygen atoms in total. The Morgan fingerprint density at radius 3 is 2.92 bits per heavy atom. The smallest absolute Gasteiger partial charge is 0.207 e. The highest BCUT2D eigenvalue weighted by atomic mass is 35.5. The van der Waals surface area contributed by atoms with Crippen LogP contribution in [0.5, 0.6) is 0 Å². The first kappa shape index (κ1) is 8.37. The molecule has 0 N–H and O–H groups in total. The lowest BCUT2D eigenvalue weighted by Gasteiger charge is -2.25. The molecule has 0 amide bonds. The van der Waals surface area contributed by atoms with E-state index >= 15 is 0 Å². The van der Waals surface area contributed by atoms with E-state index in [-0.39, 0.29) is 6.10 Å². The SMILES string of the molecule is Clc1nnc(COC2COC2)s1. The maximum Gasteiger partial charge on any atom is 0.207 e. The van der Waals surface area contributed by atoms with Crippen LogP contribution in [0.15, 0.2) is 0 Å². The van der Waals surface area contributed by atoms with E-state index in [1.54, 1.807) is 0 Å². The van der Waals surface area contributed by atoms with Gasteiger partial charge >= 0.3 is 0 Å². The van der Waals surface area contributed by atoms with Gasteiger partial charge in [0, 0.05) is 0 Å². The van der Waals surface area contributed by atoms with E-state index in [9.17, 15) is 0 Å². The lowest BCUT2D eigenvalue weighted by atomic mass is 10.3. The molecule has 66 valence electrons. The predicted octanol–water partition coefficient (Wildman–Crippen LogP) is 1.11. The van der Waals surface area contributed by atoms with Crippen LogP contribution < -0.4 is 0 Å². The Kier molecular flexibility index (Phi) is 2.55. The Hall–Kier alpha value is -0.230. The minimum Gasteiger partial charge on any atom is -0.376 e. The Morgan fingerprint density at radius 2 is 2.42 bits per heavy atom. The normalized spacial score (nSPS) is 17.8. The fourth-order valence-corrected chi connectivity index (χ4v) is 1.58. The maximum absolute atomic E-state index is 5.59. The first-order chi connectivity index (χ1) is 5.84. The standard InChI is InChI=1S/C6H7ClN2O2S/c7-6-9-8-5(12-6)3-11-4-1-10-2-4/h4H,1-3H2. The highest BCUT2D eigenvalue weighted by Gasteiger charge is 2.19. The fraction of sp³-hybridized carbons (Fsp3) is 0.667. The van der Waals surface area contributed by atoms with Gasteiger partial charge in [-0.1, -0.05) is 11.3 Å². The van der Waals surface area contributed by atoms with Crippen LogP contribution >= 0.6 is 22.9 Å². The van der Waals surface area contributed by atoms with Gasteiger partial charge < -0.3 is 9.47 Å². The Morgan fingerprint density at radius 1 is 1.58 bits per heavy atom. The number of hydrogen-bond acceptors (Lipinski definition) is 5. The largest absolute Gasteiger partial charge is 0.376 e. The molecule has 0 radical (unpaired) electrons. The van der Waals surface area contributed by atoms with Crippen LogP contribution in [-0.2, 0) is 16.1 Å². The van der Waals surface area contributed by atoms with Gasteiger partial charge in [0.25, 0.3) is 0 Å². The molecule has 6 heteroatoms. The van der Waals surface area contributed by atoms with Gasteiger partial charge in [-0.25, -0.2) is 0 Å². The third-order valence-corrected chi connectivity index (χ3v) is 2.48. The molecule has 0 unspecified atom stereocenters. The van der Waals surface area contributed by atoms with Gasteiger partial charge in [-0.2, -0.15) is 0 Å². The second kappa shape index (κ2) is 3.66. The Labute approximate surface area is 78.5 Å². The Balaban J connectivity index is 1.79. The van der Waals surface area contributed by atoms with Crippen LogP contribution in [-0.4, -0.2) is 29.5 Å². The summed E-state index contributed by atoms with van der Waals surface area (Å²) in [7, 11) is 0. The predicted molar refractivity (Wildman–Crippen MR) is 44.3 cm³/mol. The summed E-state index contributed by atoms with van der Waals surface area (Å²) in [5.74, 6) is 0. The zero-order chi connectivity index (χ0) is 8.39. The molecule has 2 heterocycles. The van der Waals surface area contributed by atoms with E-state index in [0.717, 1.165) is 5.01 Å². The highest BCUT2D eigenvalue weighted by molar-refractivity contribution is 7.15. The van der Waals surface area contributed by atoms with E-state index in [2.05, 4.69) is 10.2 Å². The lowest BCUT2D eigenvalue weighted by molar-refractivity contribution is -0.135. The van der Waals surface area contributed by atoms with Crippen LogP contribution in [0.3, 0.4) is 0 Å². The molecule has 0 aliphatic carbocycles.